The summed E-state index contributed by atoms with van der Waals surface area (Å²) in [5, 5.41) is 3.43. The summed E-state index contributed by atoms with van der Waals surface area (Å²) in [6.07, 6.45) is 4.41. The average molecular weight is 299 g/mol. The fourth-order valence-electron chi connectivity index (χ4n) is 2.22. The molecule has 0 aliphatic carbocycles. The van der Waals surface area contributed by atoms with Crippen LogP contribution in [-0.2, 0) is 11.3 Å². The third-order valence-corrected chi connectivity index (χ3v) is 5.43. The molecule has 0 saturated heterocycles. The smallest absolute Gasteiger partial charge is 0.341 e. The van der Waals surface area contributed by atoms with Gasteiger partial charge in [-0.05, 0) is 32.1 Å². The van der Waals surface area contributed by atoms with Crippen LogP contribution in [0.25, 0.3) is 0 Å². The third kappa shape index (κ3) is 4.03. The van der Waals surface area contributed by atoms with Gasteiger partial charge < -0.3 is 14.5 Å². The Hall–Kier alpha value is -0.940. The number of carbonyl (C=O) groups is 1. The van der Waals surface area contributed by atoms with Gasteiger partial charge in [0.2, 0.25) is 0 Å². The Morgan fingerprint density at radius 1 is 1.45 bits per heavy atom. The van der Waals surface area contributed by atoms with E-state index in [1.165, 1.54) is 7.11 Å². The highest BCUT2D eigenvalue weighted by molar-refractivity contribution is 8.00. The van der Waals surface area contributed by atoms with Gasteiger partial charge in [0, 0.05) is 11.3 Å². The molecule has 0 spiro atoms. The van der Waals surface area contributed by atoms with Crippen LogP contribution in [0.4, 0.5) is 0 Å². The van der Waals surface area contributed by atoms with E-state index < -0.39 is 0 Å². The molecule has 20 heavy (non-hydrogen) atoms. The topological polar surface area (TPSA) is 51.5 Å². The minimum atomic E-state index is -0.349. The number of hydrogen-bond acceptors (Lipinski definition) is 5. The van der Waals surface area contributed by atoms with Gasteiger partial charge in [-0.25, -0.2) is 4.79 Å². The van der Waals surface area contributed by atoms with Crippen LogP contribution in [-0.4, -0.2) is 30.6 Å². The van der Waals surface area contributed by atoms with Crippen LogP contribution in [0.1, 0.15) is 48.6 Å². The number of ether oxygens (including phenoxy) is 1. The first-order valence-electron chi connectivity index (χ1n) is 6.95. The maximum atomic E-state index is 11.5. The Morgan fingerprint density at radius 2 is 2.10 bits per heavy atom. The molecule has 0 aromatic carbocycles. The van der Waals surface area contributed by atoms with Crippen molar-refractivity contribution in [3.8, 4) is 0 Å². The van der Waals surface area contributed by atoms with Crippen LogP contribution in [0.15, 0.2) is 10.5 Å². The molecule has 1 aromatic heterocycles. The lowest BCUT2D eigenvalue weighted by Gasteiger charge is -2.29. The van der Waals surface area contributed by atoms with E-state index in [1.807, 2.05) is 11.8 Å². The molecule has 1 aromatic rings. The van der Waals surface area contributed by atoms with E-state index in [9.17, 15) is 4.79 Å². The van der Waals surface area contributed by atoms with Gasteiger partial charge in [0.1, 0.15) is 17.1 Å². The molecule has 1 rings (SSSR count). The van der Waals surface area contributed by atoms with Crippen LogP contribution in [0.3, 0.4) is 0 Å². The fraction of sp³-hybridized carbons (Fsp3) is 0.667. The Bertz CT molecular complexity index is 430. The van der Waals surface area contributed by atoms with Crippen molar-refractivity contribution in [2.75, 3.05) is 19.9 Å². The van der Waals surface area contributed by atoms with E-state index in [1.54, 1.807) is 13.0 Å². The predicted molar refractivity (Wildman–Crippen MR) is 83.3 cm³/mol. The van der Waals surface area contributed by atoms with Crippen LogP contribution < -0.4 is 5.32 Å². The molecule has 0 aliphatic rings. The molecule has 0 unspecified atom stereocenters. The molecule has 5 heteroatoms. The molecule has 1 heterocycles. The number of thioether (sulfide) groups is 1. The number of nitrogens with one attached hydrogen (secondary N) is 1. The van der Waals surface area contributed by atoms with Gasteiger partial charge in [-0.2, -0.15) is 11.8 Å². The van der Waals surface area contributed by atoms with Gasteiger partial charge in [-0.1, -0.05) is 13.8 Å². The number of rotatable bonds is 8. The summed E-state index contributed by atoms with van der Waals surface area (Å²) in [5.41, 5.74) is 0.506. The minimum Gasteiger partial charge on any atom is -0.465 e. The van der Waals surface area contributed by atoms with Crippen molar-refractivity contribution in [2.24, 2.45) is 0 Å². The first-order chi connectivity index (χ1) is 9.51. The predicted octanol–water partition coefficient (Wildman–Crippen LogP) is 3.39. The quantitative estimate of drug-likeness (QED) is 0.746. The van der Waals surface area contributed by atoms with Gasteiger partial charge in [0.25, 0.3) is 0 Å². The molecule has 0 aliphatic heterocycles. The fourth-order valence-corrected chi connectivity index (χ4v) is 3.04. The van der Waals surface area contributed by atoms with E-state index in [0.717, 1.165) is 25.1 Å². The summed E-state index contributed by atoms with van der Waals surface area (Å²) in [7, 11) is 1.38. The molecule has 114 valence electrons. The van der Waals surface area contributed by atoms with Crippen molar-refractivity contribution in [1.29, 1.82) is 0 Å². The second-order valence-corrected chi connectivity index (χ2v) is 6.15. The van der Waals surface area contributed by atoms with Crippen LogP contribution in [0, 0.1) is 6.92 Å². The Labute approximate surface area is 125 Å². The van der Waals surface area contributed by atoms with E-state index in [4.69, 9.17) is 9.15 Å². The third-order valence-electron chi connectivity index (χ3n) is 3.84. The zero-order valence-electron chi connectivity index (χ0n) is 13.0. The van der Waals surface area contributed by atoms with Crippen molar-refractivity contribution in [3.05, 3.63) is 23.2 Å². The highest BCUT2D eigenvalue weighted by Gasteiger charge is 2.24. The maximum Gasteiger partial charge on any atom is 0.341 e. The van der Waals surface area contributed by atoms with Gasteiger partial charge in [-0.3, -0.25) is 0 Å². The molecule has 4 nitrogen and oxygen atoms in total. The van der Waals surface area contributed by atoms with Crippen molar-refractivity contribution >= 4 is 17.7 Å². The number of methoxy groups -OCH3 is 1. The maximum absolute atomic E-state index is 11.5. The molecule has 0 saturated carbocycles. The molecule has 0 amide bonds. The summed E-state index contributed by atoms with van der Waals surface area (Å²) in [4.78, 5) is 11.5. The van der Waals surface area contributed by atoms with Crippen LogP contribution >= 0.6 is 11.8 Å². The van der Waals surface area contributed by atoms with Crippen molar-refractivity contribution in [3.63, 3.8) is 0 Å². The standard InChI is InChI=1S/C15H25NO3S/c1-6-15(7-2,20-5)10-16-9-12-8-13(11(3)19-12)14(17)18-4/h8,16H,6-7,9-10H2,1-5H3. The normalized spacial score (nSPS) is 11.7. The SMILES string of the molecule is CCC(CC)(CNCc1cc(C(=O)OC)c(C)o1)SC. The summed E-state index contributed by atoms with van der Waals surface area (Å²) >= 11 is 1.90. The molecule has 1 N–H and O–H groups in total. The van der Waals surface area contributed by atoms with E-state index in [0.29, 0.717) is 17.9 Å². The molecule has 0 fully saturated rings. The Morgan fingerprint density at radius 3 is 2.60 bits per heavy atom. The van der Waals surface area contributed by atoms with Gasteiger partial charge in [0.15, 0.2) is 0 Å². The van der Waals surface area contributed by atoms with Crippen molar-refractivity contribution in [1.82, 2.24) is 5.32 Å². The van der Waals surface area contributed by atoms with Crippen molar-refractivity contribution in [2.45, 2.75) is 44.9 Å². The summed E-state index contributed by atoms with van der Waals surface area (Å²) in [6, 6.07) is 1.76. The first kappa shape index (κ1) is 17.1. The number of carbonyl (C=O) groups excluding carboxylic acids is 1. The summed E-state index contributed by atoms with van der Waals surface area (Å²) < 4.78 is 10.6. The number of esters is 1. The zero-order chi connectivity index (χ0) is 15.2. The highest BCUT2D eigenvalue weighted by Crippen LogP contribution is 2.29. The monoisotopic (exact) mass is 299 g/mol. The second kappa shape index (κ2) is 7.74. The van der Waals surface area contributed by atoms with Gasteiger partial charge >= 0.3 is 5.97 Å². The van der Waals surface area contributed by atoms with Crippen molar-refractivity contribution < 1.29 is 13.9 Å². The zero-order valence-corrected chi connectivity index (χ0v) is 13.9. The molecule has 0 bridgehead atoms. The summed E-state index contributed by atoms with van der Waals surface area (Å²) in [6.45, 7) is 7.76. The van der Waals surface area contributed by atoms with Crippen LogP contribution in [0.5, 0.6) is 0 Å². The largest absolute Gasteiger partial charge is 0.465 e. The molecule has 0 radical (unpaired) electrons. The lowest BCUT2D eigenvalue weighted by atomic mass is 10.0. The van der Waals surface area contributed by atoms with E-state index in [2.05, 4.69) is 25.4 Å². The van der Waals surface area contributed by atoms with Crippen LogP contribution in [0.2, 0.25) is 0 Å². The lowest BCUT2D eigenvalue weighted by Crippen LogP contribution is -2.36. The van der Waals surface area contributed by atoms with Gasteiger partial charge in [0.05, 0.1) is 13.7 Å². The second-order valence-electron chi connectivity index (χ2n) is 4.87. The number of furan rings is 1. The summed E-state index contributed by atoms with van der Waals surface area (Å²) in [5.74, 6) is 1.03. The van der Waals surface area contributed by atoms with E-state index in [-0.39, 0.29) is 10.7 Å². The lowest BCUT2D eigenvalue weighted by molar-refractivity contribution is 0.0599. The number of hydrogen-bond donors (Lipinski definition) is 1. The van der Waals surface area contributed by atoms with Gasteiger partial charge in [-0.15, -0.1) is 0 Å². The highest BCUT2D eigenvalue weighted by atomic mass is 32.2. The molecular formula is C15H25NO3S. The average Bonchev–Trinajstić information content (AvgIpc) is 2.84. The molecule has 0 atom stereocenters. The number of aryl methyl sites for hydroxylation is 1. The molecular weight excluding hydrogens is 274 g/mol. The first-order valence-corrected chi connectivity index (χ1v) is 8.17. The Balaban J connectivity index is 2.60. The Kier molecular flexibility index (Phi) is 6.62. The minimum absolute atomic E-state index is 0.271. The van der Waals surface area contributed by atoms with E-state index >= 15 is 0 Å².